The van der Waals surface area contributed by atoms with Crippen LogP contribution in [0.4, 0.5) is 4.79 Å². The molecule has 5 nitrogen and oxygen atoms in total. The zero-order valence-electron chi connectivity index (χ0n) is 12.8. The average Bonchev–Trinajstić information content (AvgIpc) is 2.83. The standard InChI is InChI=1S/C15H25NO4/c1-5-19-13(17)10-6-11-8-16(9-12(11)7-10)14(18)20-15(2,3)4/h10-12H,5-9H2,1-4H3. The van der Waals surface area contributed by atoms with Gasteiger partial charge in [0, 0.05) is 13.1 Å². The Morgan fingerprint density at radius 3 is 2.15 bits per heavy atom. The summed E-state index contributed by atoms with van der Waals surface area (Å²) < 4.78 is 10.5. The molecule has 20 heavy (non-hydrogen) atoms. The van der Waals surface area contributed by atoms with E-state index in [1.54, 1.807) is 4.90 Å². The van der Waals surface area contributed by atoms with Crippen molar-refractivity contribution in [2.24, 2.45) is 17.8 Å². The number of rotatable bonds is 2. The number of hydrogen-bond donors (Lipinski definition) is 0. The van der Waals surface area contributed by atoms with Crippen molar-refractivity contribution in [2.45, 2.75) is 46.1 Å². The van der Waals surface area contributed by atoms with Crippen molar-refractivity contribution in [3.05, 3.63) is 0 Å². The van der Waals surface area contributed by atoms with E-state index in [0.717, 1.165) is 12.8 Å². The Morgan fingerprint density at radius 1 is 1.15 bits per heavy atom. The first-order valence-corrected chi connectivity index (χ1v) is 7.44. The smallest absolute Gasteiger partial charge is 0.410 e. The van der Waals surface area contributed by atoms with Gasteiger partial charge in [-0.05, 0) is 52.4 Å². The Morgan fingerprint density at radius 2 is 1.70 bits per heavy atom. The number of hydrogen-bond acceptors (Lipinski definition) is 4. The number of esters is 1. The minimum atomic E-state index is -0.456. The van der Waals surface area contributed by atoms with E-state index in [1.165, 1.54) is 0 Å². The van der Waals surface area contributed by atoms with E-state index in [4.69, 9.17) is 9.47 Å². The quantitative estimate of drug-likeness (QED) is 0.730. The topological polar surface area (TPSA) is 55.8 Å². The van der Waals surface area contributed by atoms with Crippen LogP contribution in [-0.4, -0.2) is 42.3 Å². The molecule has 1 heterocycles. The molecule has 2 rings (SSSR count). The van der Waals surface area contributed by atoms with Crippen LogP contribution in [0.3, 0.4) is 0 Å². The first-order valence-electron chi connectivity index (χ1n) is 7.44. The van der Waals surface area contributed by atoms with Crippen LogP contribution in [0.1, 0.15) is 40.5 Å². The zero-order chi connectivity index (χ0) is 14.9. The third kappa shape index (κ3) is 3.44. The fourth-order valence-corrected chi connectivity index (χ4v) is 3.23. The van der Waals surface area contributed by atoms with Crippen LogP contribution < -0.4 is 0 Å². The normalized spacial score (nSPS) is 29.2. The highest BCUT2D eigenvalue weighted by Gasteiger charge is 2.45. The zero-order valence-corrected chi connectivity index (χ0v) is 12.8. The molecule has 1 aliphatic carbocycles. The van der Waals surface area contributed by atoms with Crippen molar-refractivity contribution in [1.29, 1.82) is 0 Å². The summed E-state index contributed by atoms with van der Waals surface area (Å²) in [5.41, 5.74) is -0.456. The van der Waals surface area contributed by atoms with Crippen LogP contribution >= 0.6 is 0 Å². The largest absolute Gasteiger partial charge is 0.466 e. The minimum Gasteiger partial charge on any atom is -0.466 e. The third-order valence-electron chi connectivity index (χ3n) is 4.02. The Balaban J connectivity index is 1.85. The summed E-state index contributed by atoms with van der Waals surface area (Å²) in [7, 11) is 0. The molecule has 0 radical (unpaired) electrons. The van der Waals surface area contributed by atoms with E-state index in [9.17, 15) is 9.59 Å². The van der Waals surface area contributed by atoms with Crippen molar-refractivity contribution in [2.75, 3.05) is 19.7 Å². The van der Waals surface area contributed by atoms with Gasteiger partial charge in [0.2, 0.25) is 0 Å². The van der Waals surface area contributed by atoms with Gasteiger partial charge in [-0.3, -0.25) is 4.79 Å². The lowest BCUT2D eigenvalue weighted by molar-refractivity contribution is -0.148. The number of nitrogens with zero attached hydrogens (tertiary/aromatic N) is 1. The highest BCUT2D eigenvalue weighted by atomic mass is 16.6. The summed E-state index contributed by atoms with van der Waals surface area (Å²) in [6.07, 6.45) is 1.44. The summed E-state index contributed by atoms with van der Waals surface area (Å²) in [6, 6.07) is 0. The number of likely N-dealkylation sites (tertiary alicyclic amines) is 1. The lowest BCUT2D eigenvalue weighted by Gasteiger charge is -2.25. The van der Waals surface area contributed by atoms with Gasteiger partial charge in [-0.25, -0.2) is 4.79 Å². The number of ether oxygens (including phenoxy) is 2. The van der Waals surface area contributed by atoms with Gasteiger partial charge < -0.3 is 14.4 Å². The fraction of sp³-hybridized carbons (Fsp3) is 0.867. The molecular weight excluding hydrogens is 258 g/mol. The van der Waals surface area contributed by atoms with E-state index >= 15 is 0 Å². The summed E-state index contributed by atoms with van der Waals surface area (Å²) in [4.78, 5) is 25.6. The highest BCUT2D eigenvalue weighted by Crippen LogP contribution is 2.42. The third-order valence-corrected chi connectivity index (χ3v) is 4.02. The molecule has 0 aromatic carbocycles. The van der Waals surface area contributed by atoms with Gasteiger partial charge in [0.15, 0.2) is 0 Å². The fourth-order valence-electron chi connectivity index (χ4n) is 3.23. The SMILES string of the molecule is CCOC(=O)C1CC2CN(C(=O)OC(C)(C)C)CC2C1. The van der Waals surface area contributed by atoms with E-state index < -0.39 is 5.60 Å². The molecule has 0 N–H and O–H groups in total. The molecule has 5 heteroatoms. The van der Waals surface area contributed by atoms with Gasteiger partial charge >= 0.3 is 12.1 Å². The lowest BCUT2D eigenvalue weighted by atomic mass is 10.0. The first kappa shape index (κ1) is 15.1. The summed E-state index contributed by atoms with van der Waals surface area (Å²) in [6.45, 7) is 9.30. The predicted molar refractivity (Wildman–Crippen MR) is 74.1 cm³/mol. The molecular formula is C15H25NO4. The maximum atomic E-state index is 12.0. The van der Waals surface area contributed by atoms with Crippen LogP contribution in [0.25, 0.3) is 0 Å². The molecule has 2 fully saturated rings. The molecule has 1 aliphatic heterocycles. The summed E-state index contributed by atoms with van der Waals surface area (Å²) in [5, 5.41) is 0. The molecule has 114 valence electrons. The van der Waals surface area contributed by atoms with Crippen LogP contribution in [0.5, 0.6) is 0 Å². The van der Waals surface area contributed by atoms with Crippen molar-refractivity contribution in [1.82, 2.24) is 4.90 Å². The van der Waals surface area contributed by atoms with Gasteiger partial charge in [-0.15, -0.1) is 0 Å². The van der Waals surface area contributed by atoms with Gasteiger partial charge in [0.05, 0.1) is 12.5 Å². The maximum Gasteiger partial charge on any atom is 0.410 e. The van der Waals surface area contributed by atoms with E-state index in [-0.39, 0.29) is 18.0 Å². The molecule has 2 atom stereocenters. The second-order valence-electron chi connectivity index (χ2n) is 6.83. The Labute approximate surface area is 120 Å². The average molecular weight is 283 g/mol. The molecule has 1 amide bonds. The van der Waals surface area contributed by atoms with Crippen LogP contribution in [0, 0.1) is 17.8 Å². The molecule has 2 unspecified atom stereocenters. The van der Waals surface area contributed by atoms with Crippen LogP contribution in [-0.2, 0) is 14.3 Å². The molecule has 1 saturated carbocycles. The Bertz CT molecular complexity index is 374. The van der Waals surface area contributed by atoms with Crippen molar-refractivity contribution in [3.63, 3.8) is 0 Å². The minimum absolute atomic E-state index is 0.0192. The van der Waals surface area contributed by atoms with Gasteiger partial charge in [-0.1, -0.05) is 0 Å². The van der Waals surface area contributed by atoms with Crippen molar-refractivity contribution < 1.29 is 19.1 Å². The second kappa shape index (κ2) is 5.62. The monoisotopic (exact) mass is 283 g/mol. The second-order valence-corrected chi connectivity index (χ2v) is 6.83. The summed E-state index contributed by atoms with van der Waals surface area (Å²) in [5.74, 6) is 0.769. The highest BCUT2D eigenvalue weighted by molar-refractivity contribution is 5.73. The number of carbonyl (C=O) groups excluding carboxylic acids is 2. The number of carbonyl (C=O) groups is 2. The molecule has 0 aromatic heterocycles. The van der Waals surface area contributed by atoms with E-state index in [1.807, 2.05) is 27.7 Å². The number of amides is 1. The Hall–Kier alpha value is -1.26. The van der Waals surface area contributed by atoms with Crippen molar-refractivity contribution >= 4 is 12.1 Å². The molecule has 1 saturated heterocycles. The predicted octanol–water partition coefficient (Wildman–Crippen LogP) is 2.44. The van der Waals surface area contributed by atoms with Gasteiger partial charge in [0.1, 0.15) is 5.60 Å². The first-order chi connectivity index (χ1) is 9.30. The maximum absolute atomic E-state index is 12.0. The van der Waals surface area contributed by atoms with Crippen molar-refractivity contribution in [3.8, 4) is 0 Å². The summed E-state index contributed by atoms with van der Waals surface area (Å²) >= 11 is 0. The molecule has 0 bridgehead atoms. The van der Waals surface area contributed by atoms with Gasteiger partial charge in [-0.2, -0.15) is 0 Å². The molecule has 0 aromatic rings. The Kier molecular flexibility index (Phi) is 4.25. The van der Waals surface area contributed by atoms with Crippen LogP contribution in [0.15, 0.2) is 0 Å². The number of fused-ring (bicyclic) bond motifs is 1. The van der Waals surface area contributed by atoms with Gasteiger partial charge in [0.25, 0.3) is 0 Å². The van der Waals surface area contributed by atoms with E-state index in [2.05, 4.69) is 0 Å². The molecule has 2 aliphatic rings. The molecule has 0 spiro atoms. The van der Waals surface area contributed by atoms with Crippen LogP contribution in [0.2, 0.25) is 0 Å². The lowest BCUT2D eigenvalue weighted by Crippen LogP contribution is -2.36. The van der Waals surface area contributed by atoms with E-state index in [0.29, 0.717) is 31.5 Å².